The predicted octanol–water partition coefficient (Wildman–Crippen LogP) is 3.13. The molecule has 27 heavy (non-hydrogen) atoms. The van der Waals surface area contributed by atoms with Crippen LogP contribution in [0, 0.1) is 0 Å². The van der Waals surface area contributed by atoms with Crippen LogP contribution in [0.25, 0.3) is 22.1 Å². The van der Waals surface area contributed by atoms with Crippen molar-refractivity contribution < 1.29 is 18.0 Å². The summed E-state index contributed by atoms with van der Waals surface area (Å²) in [6.45, 7) is 0.242. The number of aromatic nitrogens is 6. The molecule has 0 amide bonds. The number of nitrogens with one attached hydrogen (secondary N) is 1. The second kappa shape index (κ2) is 5.41. The highest BCUT2D eigenvalue weighted by atomic mass is 19.4. The molecule has 5 heterocycles. The standard InChI is InChI=1S/C17H13F3N6O/c18-17(19,20)16-23-13-6-22-15-12(3-4-21-15)14(13)26(16)11-2-1-10-5-9(8-27)24-25(10)7-11/h3-6,8,11H,1-2,7H2,(H,21,22). The molecule has 0 aromatic carbocycles. The van der Waals surface area contributed by atoms with E-state index < -0.39 is 18.0 Å². The van der Waals surface area contributed by atoms with Gasteiger partial charge in [0.25, 0.3) is 0 Å². The minimum atomic E-state index is -4.60. The Morgan fingerprint density at radius 3 is 2.96 bits per heavy atom. The highest BCUT2D eigenvalue weighted by molar-refractivity contribution is 6.01. The van der Waals surface area contributed by atoms with Gasteiger partial charge in [-0.25, -0.2) is 9.97 Å². The molecule has 0 saturated carbocycles. The van der Waals surface area contributed by atoms with Gasteiger partial charge in [-0.3, -0.25) is 9.48 Å². The molecule has 1 unspecified atom stereocenters. The van der Waals surface area contributed by atoms with E-state index in [1.54, 1.807) is 23.0 Å². The molecule has 0 bridgehead atoms. The van der Waals surface area contributed by atoms with Gasteiger partial charge in [0.05, 0.1) is 24.3 Å². The number of aromatic amines is 1. The number of carbonyl (C=O) groups excluding carboxylic acids is 1. The Balaban J connectivity index is 1.73. The molecule has 1 aliphatic rings. The molecule has 7 nitrogen and oxygen atoms in total. The number of alkyl halides is 3. The van der Waals surface area contributed by atoms with Gasteiger partial charge in [-0.15, -0.1) is 0 Å². The number of aryl methyl sites for hydroxylation is 1. The molecule has 1 aliphatic heterocycles. The maximum absolute atomic E-state index is 13.7. The molecule has 0 spiro atoms. The van der Waals surface area contributed by atoms with Crippen LogP contribution in [0.15, 0.2) is 24.5 Å². The van der Waals surface area contributed by atoms with E-state index in [0.29, 0.717) is 35.7 Å². The third-order valence-electron chi connectivity index (χ3n) is 4.97. The van der Waals surface area contributed by atoms with Crippen molar-refractivity contribution >= 4 is 28.4 Å². The fraction of sp³-hybridized carbons (Fsp3) is 0.294. The third kappa shape index (κ3) is 2.36. The Bertz CT molecular complexity index is 1180. The summed E-state index contributed by atoms with van der Waals surface area (Å²) in [5, 5.41) is 4.76. The lowest BCUT2D eigenvalue weighted by molar-refractivity contribution is -0.147. The molecule has 4 aromatic rings. The number of fused-ring (bicyclic) bond motifs is 4. The molecule has 1 N–H and O–H groups in total. The van der Waals surface area contributed by atoms with E-state index in [2.05, 4.69) is 20.1 Å². The second-order valence-electron chi connectivity index (χ2n) is 6.59. The number of hydrogen-bond donors (Lipinski definition) is 1. The van der Waals surface area contributed by atoms with Gasteiger partial charge in [-0.2, -0.15) is 18.3 Å². The quantitative estimate of drug-likeness (QED) is 0.547. The average Bonchev–Trinajstić information content (AvgIpc) is 3.34. The van der Waals surface area contributed by atoms with Crippen molar-refractivity contribution in [3.8, 4) is 0 Å². The lowest BCUT2D eigenvalue weighted by atomic mass is 10.0. The Hall–Kier alpha value is -3.17. The SMILES string of the molecule is O=Cc1cc2n(n1)CC(n1c(C(F)(F)F)nc3cnc4[nH]ccc4c31)CC2. The normalized spacial score (nSPS) is 17.5. The topological polar surface area (TPSA) is 81.4 Å². The van der Waals surface area contributed by atoms with Crippen LogP contribution >= 0.6 is 0 Å². The van der Waals surface area contributed by atoms with Crippen LogP contribution in [0.1, 0.15) is 34.5 Å². The van der Waals surface area contributed by atoms with Crippen molar-refractivity contribution in [2.45, 2.75) is 31.6 Å². The van der Waals surface area contributed by atoms with Crippen LogP contribution in [0.2, 0.25) is 0 Å². The first-order valence-corrected chi connectivity index (χ1v) is 8.39. The fourth-order valence-electron chi connectivity index (χ4n) is 3.86. The monoisotopic (exact) mass is 374 g/mol. The fourth-order valence-corrected chi connectivity index (χ4v) is 3.86. The summed E-state index contributed by atoms with van der Waals surface area (Å²) in [6.07, 6.45) is 0.0663. The Morgan fingerprint density at radius 2 is 2.19 bits per heavy atom. The van der Waals surface area contributed by atoms with Gasteiger partial charge < -0.3 is 9.55 Å². The molecule has 0 radical (unpaired) electrons. The van der Waals surface area contributed by atoms with E-state index in [4.69, 9.17) is 0 Å². The van der Waals surface area contributed by atoms with E-state index in [9.17, 15) is 18.0 Å². The number of pyridine rings is 1. The van der Waals surface area contributed by atoms with Gasteiger partial charge in [0, 0.05) is 17.3 Å². The lowest BCUT2D eigenvalue weighted by Crippen LogP contribution is -2.27. The van der Waals surface area contributed by atoms with Gasteiger partial charge in [0.15, 0.2) is 6.29 Å². The maximum Gasteiger partial charge on any atom is 0.449 e. The van der Waals surface area contributed by atoms with Gasteiger partial charge in [-0.1, -0.05) is 0 Å². The van der Waals surface area contributed by atoms with Gasteiger partial charge in [0.1, 0.15) is 16.9 Å². The molecule has 0 aliphatic carbocycles. The van der Waals surface area contributed by atoms with Crippen molar-refractivity contribution in [3.05, 3.63) is 41.7 Å². The van der Waals surface area contributed by atoms with Crippen LogP contribution in [-0.4, -0.2) is 35.6 Å². The van der Waals surface area contributed by atoms with Crippen molar-refractivity contribution in [2.75, 3.05) is 0 Å². The molecule has 1 atom stereocenters. The molecular weight excluding hydrogens is 361 g/mol. The number of halogens is 3. The van der Waals surface area contributed by atoms with E-state index in [1.807, 2.05) is 0 Å². The minimum Gasteiger partial charge on any atom is -0.346 e. The van der Waals surface area contributed by atoms with E-state index >= 15 is 0 Å². The lowest BCUT2D eigenvalue weighted by Gasteiger charge is -2.27. The zero-order valence-corrected chi connectivity index (χ0v) is 13.9. The summed E-state index contributed by atoms with van der Waals surface area (Å²) in [5.74, 6) is -0.941. The van der Waals surface area contributed by atoms with Gasteiger partial charge >= 0.3 is 6.18 Å². The van der Waals surface area contributed by atoms with E-state index in [1.165, 1.54) is 10.8 Å². The molecule has 0 fully saturated rings. The van der Waals surface area contributed by atoms with Crippen LogP contribution in [-0.2, 0) is 19.1 Å². The third-order valence-corrected chi connectivity index (χ3v) is 4.97. The Labute approximate surface area is 149 Å². The number of aldehydes is 1. The molecule has 138 valence electrons. The van der Waals surface area contributed by atoms with Crippen molar-refractivity contribution in [3.63, 3.8) is 0 Å². The molecule has 4 aromatic heterocycles. The largest absolute Gasteiger partial charge is 0.449 e. The summed E-state index contributed by atoms with van der Waals surface area (Å²) in [5.41, 5.74) is 2.25. The van der Waals surface area contributed by atoms with Gasteiger partial charge in [-0.05, 0) is 25.0 Å². The number of hydrogen-bond acceptors (Lipinski definition) is 4. The zero-order valence-electron chi connectivity index (χ0n) is 13.9. The van der Waals surface area contributed by atoms with Gasteiger partial charge in [0.2, 0.25) is 5.82 Å². The van der Waals surface area contributed by atoms with Crippen LogP contribution in [0.4, 0.5) is 13.2 Å². The van der Waals surface area contributed by atoms with Crippen LogP contribution in [0.3, 0.4) is 0 Å². The summed E-state index contributed by atoms with van der Waals surface area (Å²) in [7, 11) is 0. The zero-order chi connectivity index (χ0) is 18.8. The maximum atomic E-state index is 13.7. The van der Waals surface area contributed by atoms with Crippen molar-refractivity contribution in [1.82, 2.24) is 29.3 Å². The molecule has 0 saturated heterocycles. The Morgan fingerprint density at radius 1 is 1.33 bits per heavy atom. The molecule has 5 rings (SSSR count). The highest BCUT2D eigenvalue weighted by Crippen LogP contribution is 2.38. The predicted molar refractivity (Wildman–Crippen MR) is 89.4 cm³/mol. The number of imidazole rings is 1. The van der Waals surface area contributed by atoms with E-state index in [-0.39, 0.29) is 17.8 Å². The van der Waals surface area contributed by atoms with Crippen LogP contribution < -0.4 is 0 Å². The first-order valence-electron chi connectivity index (χ1n) is 8.39. The summed E-state index contributed by atoms with van der Waals surface area (Å²) >= 11 is 0. The smallest absolute Gasteiger partial charge is 0.346 e. The summed E-state index contributed by atoms with van der Waals surface area (Å²) < 4.78 is 44.1. The van der Waals surface area contributed by atoms with Crippen molar-refractivity contribution in [1.29, 1.82) is 0 Å². The van der Waals surface area contributed by atoms with Crippen LogP contribution in [0.5, 0.6) is 0 Å². The number of carbonyl (C=O) groups is 1. The van der Waals surface area contributed by atoms with E-state index in [0.717, 1.165) is 5.69 Å². The molecular formula is C17H13F3N6O. The molecule has 10 heteroatoms. The Kier molecular flexibility index (Phi) is 3.22. The summed E-state index contributed by atoms with van der Waals surface area (Å²) in [4.78, 5) is 21.9. The number of rotatable bonds is 2. The number of nitrogens with zero attached hydrogens (tertiary/aromatic N) is 5. The highest BCUT2D eigenvalue weighted by Gasteiger charge is 2.40. The first-order chi connectivity index (χ1) is 13.0. The number of H-pyrrole nitrogens is 1. The average molecular weight is 374 g/mol. The second-order valence-corrected chi connectivity index (χ2v) is 6.59. The first kappa shape index (κ1) is 16.0. The summed E-state index contributed by atoms with van der Waals surface area (Å²) in [6, 6.07) is 2.89. The van der Waals surface area contributed by atoms with Crippen molar-refractivity contribution in [2.24, 2.45) is 0 Å². The minimum absolute atomic E-state index is 0.203.